The van der Waals surface area contributed by atoms with Crippen LogP contribution < -0.4 is 5.32 Å². The SMILES string of the molecule is Cc1ccccc1[C@@H]1c2ccsc2CCN1C(=O)CNCC(C)C. The molecule has 1 amide bonds. The van der Waals surface area contributed by atoms with E-state index >= 15 is 0 Å². The second-order valence-electron chi connectivity index (χ2n) is 6.92. The zero-order valence-corrected chi connectivity index (χ0v) is 15.5. The third kappa shape index (κ3) is 3.55. The van der Waals surface area contributed by atoms with Crippen LogP contribution >= 0.6 is 11.3 Å². The molecule has 128 valence electrons. The van der Waals surface area contributed by atoms with Gasteiger partial charge < -0.3 is 10.2 Å². The summed E-state index contributed by atoms with van der Waals surface area (Å²) in [5.74, 6) is 0.746. The van der Waals surface area contributed by atoms with E-state index in [0.717, 1.165) is 19.5 Å². The van der Waals surface area contributed by atoms with Crippen LogP contribution in [0.2, 0.25) is 0 Å². The lowest BCUT2D eigenvalue weighted by atomic mass is 9.90. The number of rotatable bonds is 5. The summed E-state index contributed by atoms with van der Waals surface area (Å²) in [6, 6.07) is 10.7. The number of hydrogen-bond donors (Lipinski definition) is 1. The quantitative estimate of drug-likeness (QED) is 0.897. The summed E-state index contributed by atoms with van der Waals surface area (Å²) in [6.45, 7) is 8.54. The Hall–Kier alpha value is -1.65. The zero-order valence-electron chi connectivity index (χ0n) is 14.7. The van der Waals surface area contributed by atoms with Crippen molar-refractivity contribution in [3.8, 4) is 0 Å². The largest absolute Gasteiger partial charge is 0.330 e. The first kappa shape index (κ1) is 17.2. The molecule has 4 heteroatoms. The van der Waals surface area contributed by atoms with Gasteiger partial charge in [0.2, 0.25) is 5.91 Å². The van der Waals surface area contributed by atoms with E-state index in [0.29, 0.717) is 12.5 Å². The molecule has 2 heterocycles. The number of carbonyl (C=O) groups excluding carboxylic acids is 1. The average molecular weight is 343 g/mol. The van der Waals surface area contributed by atoms with Gasteiger partial charge in [-0.3, -0.25) is 4.79 Å². The van der Waals surface area contributed by atoms with Gasteiger partial charge in [0.1, 0.15) is 0 Å². The molecule has 3 nitrogen and oxygen atoms in total. The lowest BCUT2D eigenvalue weighted by molar-refractivity contribution is -0.132. The topological polar surface area (TPSA) is 32.3 Å². The number of fused-ring (bicyclic) bond motifs is 1. The molecule has 0 spiro atoms. The standard InChI is InChI=1S/C20H26N2OS/c1-14(2)12-21-13-19(23)22-10-8-18-17(9-11-24-18)20(22)16-7-5-4-6-15(16)3/h4-7,9,11,14,20-21H,8,10,12-13H2,1-3H3/t20-/m1/s1. The van der Waals surface area contributed by atoms with Crippen molar-refractivity contribution in [2.45, 2.75) is 33.2 Å². The average Bonchev–Trinajstić information content (AvgIpc) is 3.02. The molecule has 0 saturated heterocycles. The first-order valence-electron chi connectivity index (χ1n) is 8.70. The molecule has 1 aromatic carbocycles. The van der Waals surface area contributed by atoms with Crippen LogP contribution in [0.25, 0.3) is 0 Å². The van der Waals surface area contributed by atoms with Gasteiger partial charge in [0.25, 0.3) is 0 Å². The Balaban J connectivity index is 1.88. The van der Waals surface area contributed by atoms with Gasteiger partial charge in [-0.15, -0.1) is 11.3 Å². The maximum atomic E-state index is 12.9. The number of carbonyl (C=O) groups is 1. The fourth-order valence-corrected chi connectivity index (χ4v) is 4.29. The van der Waals surface area contributed by atoms with E-state index in [1.807, 2.05) is 11.3 Å². The Morgan fingerprint density at radius 3 is 2.83 bits per heavy atom. The molecule has 1 aliphatic heterocycles. The molecule has 0 saturated carbocycles. The van der Waals surface area contributed by atoms with Gasteiger partial charge in [0.05, 0.1) is 12.6 Å². The number of amides is 1. The predicted molar refractivity (Wildman–Crippen MR) is 100 cm³/mol. The highest BCUT2D eigenvalue weighted by Gasteiger charge is 2.33. The molecule has 0 bridgehead atoms. The molecule has 3 rings (SSSR count). The number of thiophene rings is 1. The summed E-state index contributed by atoms with van der Waals surface area (Å²) in [6.07, 6.45) is 0.964. The van der Waals surface area contributed by atoms with Crippen molar-refractivity contribution < 1.29 is 4.79 Å². The van der Waals surface area contributed by atoms with E-state index in [9.17, 15) is 4.79 Å². The fraction of sp³-hybridized carbons (Fsp3) is 0.450. The summed E-state index contributed by atoms with van der Waals surface area (Å²) in [7, 11) is 0. The summed E-state index contributed by atoms with van der Waals surface area (Å²) in [5.41, 5.74) is 3.79. The van der Waals surface area contributed by atoms with E-state index in [2.05, 4.69) is 66.7 Å². The van der Waals surface area contributed by atoms with Gasteiger partial charge in [-0.1, -0.05) is 38.1 Å². The third-order valence-electron chi connectivity index (χ3n) is 4.60. The summed E-state index contributed by atoms with van der Waals surface area (Å²) in [4.78, 5) is 16.4. The predicted octanol–water partition coefficient (Wildman–Crippen LogP) is 3.78. The number of benzene rings is 1. The van der Waals surface area contributed by atoms with Crippen molar-refractivity contribution in [3.63, 3.8) is 0 Å². The first-order chi connectivity index (χ1) is 11.6. The van der Waals surface area contributed by atoms with Crippen LogP contribution in [-0.4, -0.2) is 30.4 Å². The molecule has 1 aliphatic rings. The van der Waals surface area contributed by atoms with Gasteiger partial charge in [0, 0.05) is 11.4 Å². The lowest BCUT2D eigenvalue weighted by Gasteiger charge is -2.37. The Morgan fingerprint density at radius 2 is 2.08 bits per heavy atom. The third-order valence-corrected chi connectivity index (χ3v) is 5.59. The second-order valence-corrected chi connectivity index (χ2v) is 7.92. The maximum absolute atomic E-state index is 12.9. The van der Waals surface area contributed by atoms with Crippen LogP contribution in [0.3, 0.4) is 0 Å². The van der Waals surface area contributed by atoms with Crippen molar-refractivity contribution >= 4 is 17.2 Å². The molecule has 24 heavy (non-hydrogen) atoms. The number of nitrogens with zero attached hydrogens (tertiary/aromatic N) is 1. The van der Waals surface area contributed by atoms with Crippen LogP contribution in [0, 0.1) is 12.8 Å². The summed E-state index contributed by atoms with van der Waals surface area (Å²) >= 11 is 1.81. The van der Waals surface area contributed by atoms with E-state index in [-0.39, 0.29) is 11.9 Å². The Morgan fingerprint density at radius 1 is 1.29 bits per heavy atom. The molecular weight excluding hydrogens is 316 g/mol. The van der Waals surface area contributed by atoms with Gasteiger partial charge in [-0.05, 0) is 53.9 Å². The highest BCUT2D eigenvalue weighted by Crippen LogP contribution is 2.38. The van der Waals surface area contributed by atoms with E-state index in [4.69, 9.17) is 0 Å². The minimum absolute atomic E-state index is 0.0505. The molecule has 1 N–H and O–H groups in total. The molecular formula is C20H26N2OS. The van der Waals surface area contributed by atoms with Crippen LogP contribution in [0.1, 0.15) is 41.5 Å². The van der Waals surface area contributed by atoms with E-state index < -0.39 is 0 Å². The van der Waals surface area contributed by atoms with Gasteiger partial charge in [0.15, 0.2) is 0 Å². The van der Waals surface area contributed by atoms with Gasteiger partial charge >= 0.3 is 0 Å². The summed E-state index contributed by atoms with van der Waals surface area (Å²) in [5, 5.41) is 5.45. The van der Waals surface area contributed by atoms with Crippen molar-refractivity contribution in [2.75, 3.05) is 19.6 Å². The minimum Gasteiger partial charge on any atom is -0.330 e. The Kier molecular flexibility index (Phi) is 5.36. The second kappa shape index (κ2) is 7.49. The van der Waals surface area contributed by atoms with Crippen LogP contribution in [-0.2, 0) is 11.2 Å². The molecule has 0 aliphatic carbocycles. The molecule has 1 aromatic heterocycles. The fourth-order valence-electron chi connectivity index (χ4n) is 3.38. The van der Waals surface area contributed by atoms with Crippen LogP contribution in [0.4, 0.5) is 0 Å². The molecule has 1 atom stereocenters. The zero-order chi connectivity index (χ0) is 17.1. The highest BCUT2D eigenvalue weighted by molar-refractivity contribution is 7.10. The van der Waals surface area contributed by atoms with Crippen LogP contribution in [0.15, 0.2) is 35.7 Å². The molecule has 0 unspecified atom stereocenters. The first-order valence-corrected chi connectivity index (χ1v) is 9.58. The Labute approximate surface area is 148 Å². The highest BCUT2D eigenvalue weighted by atomic mass is 32.1. The molecule has 0 fully saturated rings. The van der Waals surface area contributed by atoms with Crippen LogP contribution in [0.5, 0.6) is 0 Å². The Bertz CT molecular complexity index is 707. The van der Waals surface area contributed by atoms with Gasteiger partial charge in [-0.2, -0.15) is 0 Å². The molecule has 0 radical (unpaired) electrons. The molecule has 2 aromatic rings. The number of nitrogens with one attached hydrogen (secondary N) is 1. The van der Waals surface area contributed by atoms with Crippen molar-refractivity contribution in [1.82, 2.24) is 10.2 Å². The van der Waals surface area contributed by atoms with E-state index in [1.165, 1.54) is 21.6 Å². The number of hydrogen-bond acceptors (Lipinski definition) is 3. The summed E-state index contributed by atoms with van der Waals surface area (Å²) < 4.78 is 0. The van der Waals surface area contributed by atoms with Crippen molar-refractivity contribution in [2.24, 2.45) is 5.92 Å². The van der Waals surface area contributed by atoms with Crippen molar-refractivity contribution in [3.05, 3.63) is 57.3 Å². The normalized spacial score (nSPS) is 17.2. The maximum Gasteiger partial charge on any atom is 0.237 e. The lowest BCUT2D eigenvalue weighted by Crippen LogP contribution is -2.44. The smallest absolute Gasteiger partial charge is 0.237 e. The van der Waals surface area contributed by atoms with Crippen molar-refractivity contribution in [1.29, 1.82) is 0 Å². The number of aryl methyl sites for hydroxylation is 1. The monoisotopic (exact) mass is 342 g/mol. The minimum atomic E-state index is 0.0505. The van der Waals surface area contributed by atoms with E-state index in [1.54, 1.807) is 0 Å². The van der Waals surface area contributed by atoms with Gasteiger partial charge in [-0.25, -0.2) is 0 Å².